The van der Waals surface area contributed by atoms with E-state index in [9.17, 15) is 5.11 Å². The molecule has 0 bridgehead atoms. The van der Waals surface area contributed by atoms with Crippen molar-refractivity contribution >= 4 is 0 Å². The molecule has 0 amide bonds. The van der Waals surface area contributed by atoms with Crippen LogP contribution in [0.5, 0.6) is 0 Å². The van der Waals surface area contributed by atoms with Gasteiger partial charge < -0.3 is 5.11 Å². The maximum Gasteiger partial charge on any atom is 0.0540 e. The molecule has 1 aliphatic rings. The van der Waals surface area contributed by atoms with Crippen LogP contribution in [0.2, 0.25) is 0 Å². The van der Waals surface area contributed by atoms with Gasteiger partial charge in [-0.05, 0) is 37.0 Å². The second-order valence-corrected chi connectivity index (χ2v) is 4.58. The third-order valence-electron chi connectivity index (χ3n) is 2.62. The summed E-state index contributed by atoms with van der Waals surface area (Å²) < 4.78 is 0. The molecule has 1 heteroatoms. The van der Waals surface area contributed by atoms with E-state index in [-0.39, 0.29) is 6.10 Å². The summed E-state index contributed by atoms with van der Waals surface area (Å²) in [7, 11) is 0. The molecule has 0 aromatic carbocycles. The van der Waals surface area contributed by atoms with Crippen molar-refractivity contribution in [2.24, 2.45) is 5.41 Å². The molecule has 1 N–H and O–H groups in total. The molecule has 1 saturated carbocycles. The van der Waals surface area contributed by atoms with E-state index >= 15 is 0 Å². The van der Waals surface area contributed by atoms with Crippen molar-refractivity contribution < 1.29 is 5.11 Å². The maximum absolute atomic E-state index is 9.28. The van der Waals surface area contributed by atoms with Crippen LogP contribution >= 0.6 is 0 Å². The Morgan fingerprint density at radius 2 is 1.64 bits per heavy atom. The van der Waals surface area contributed by atoms with E-state index in [0.29, 0.717) is 5.41 Å². The van der Waals surface area contributed by atoms with Crippen molar-refractivity contribution in [3.63, 3.8) is 0 Å². The Labute approximate surface area is 69.8 Å². The highest BCUT2D eigenvalue weighted by atomic mass is 16.3. The molecule has 0 aromatic heterocycles. The topological polar surface area (TPSA) is 20.2 Å². The van der Waals surface area contributed by atoms with Gasteiger partial charge in [-0.25, -0.2) is 0 Å². The molecular formula is C10H19O. The van der Waals surface area contributed by atoms with Gasteiger partial charge in [0.15, 0.2) is 0 Å². The normalized spacial score (nSPS) is 24.0. The minimum absolute atomic E-state index is 0.0268. The first-order valence-corrected chi connectivity index (χ1v) is 4.53. The molecule has 1 fully saturated rings. The molecule has 0 unspecified atom stereocenters. The summed E-state index contributed by atoms with van der Waals surface area (Å²) in [5, 5.41) is 9.28. The predicted octanol–water partition coefficient (Wildman–Crippen LogP) is 2.54. The lowest BCUT2D eigenvalue weighted by Crippen LogP contribution is -2.25. The molecule has 0 heterocycles. The standard InChI is InChI=1S/C10H19O/c1-10(2,3)8-4-6-9(11)7-5-8/h9,11H,4-7H2,1-3H3. The van der Waals surface area contributed by atoms with E-state index < -0.39 is 0 Å². The highest BCUT2D eigenvalue weighted by molar-refractivity contribution is 5.03. The molecule has 0 aromatic rings. The van der Waals surface area contributed by atoms with Crippen molar-refractivity contribution in [2.75, 3.05) is 0 Å². The number of aliphatic hydroxyl groups excluding tert-OH is 1. The second-order valence-electron chi connectivity index (χ2n) is 4.58. The first kappa shape index (κ1) is 9.05. The van der Waals surface area contributed by atoms with Gasteiger partial charge in [0.25, 0.3) is 0 Å². The lowest BCUT2D eigenvalue weighted by Gasteiger charge is -2.34. The summed E-state index contributed by atoms with van der Waals surface area (Å²) in [6, 6.07) is 0. The smallest absolute Gasteiger partial charge is 0.0540 e. The Bertz CT molecular complexity index is 115. The Hall–Kier alpha value is -0.0400. The van der Waals surface area contributed by atoms with Gasteiger partial charge in [0.1, 0.15) is 0 Å². The summed E-state index contributed by atoms with van der Waals surface area (Å²) in [6.07, 6.45) is 4.19. The summed E-state index contributed by atoms with van der Waals surface area (Å²) in [5.41, 5.74) is 0.361. The quantitative estimate of drug-likeness (QED) is 0.570. The molecule has 1 nitrogen and oxygen atoms in total. The highest BCUT2D eigenvalue weighted by Crippen LogP contribution is 2.39. The summed E-state index contributed by atoms with van der Waals surface area (Å²) >= 11 is 0. The SMILES string of the molecule is CC(C)(C)[C]1CCC(O)CC1. The minimum Gasteiger partial charge on any atom is -0.393 e. The molecular weight excluding hydrogens is 136 g/mol. The largest absolute Gasteiger partial charge is 0.393 e. The molecule has 0 aliphatic heterocycles. The molecule has 0 saturated heterocycles. The van der Waals surface area contributed by atoms with E-state index in [4.69, 9.17) is 0 Å². The predicted molar refractivity (Wildman–Crippen MR) is 47.2 cm³/mol. The third kappa shape index (κ3) is 2.48. The van der Waals surface area contributed by atoms with Gasteiger partial charge >= 0.3 is 0 Å². The Morgan fingerprint density at radius 3 is 2.00 bits per heavy atom. The van der Waals surface area contributed by atoms with Crippen molar-refractivity contribution in [2.45, 2.75) is 52.6 Å². The van der Waals surface area contributed by atoms with Crippen LogP contribution in [-0.2, 0) is 0 Å². The van der Waals surface area contributed by atoms with Gasteiger partial charge in [0, 0.05) is 0 Å². The van der Waals surface area contributed by atoms with E-state index in [2.05, 4.69) is 20.8 Å². The first-order chi connectivity index (χ1) is 5.00. The Morgan fingerprint density at radius 1 is 1.18 bits per heavy atom. The second kappa shape index (κ2) is 3.14. The van der Waals surface area contributed by atoms with Crippen molar-refractivity contribution in [1.82, 2.24) is 0 Å². The average molecular weight is 155 g/mol. The van der Waals surface area contributed by atoms with Crippen molar-refractivity contribution in [3.8, 4) is 0 Å². The van der Waals surface area contributed by atoms with Gasteiger partial charge in [-0.15, -0.1) is 0 Å². The monoisotopic (exact) mass is 155 g/mol. The van der Waals surface area contributed by atoms with Crippen molar-refractivity contribution in [1.29, 1.82) is 0 Å². The van der Waals surface area contributed by atoms with E-state index in [1.807, 2.05) is 0 Å². The zero-order valence-electron chi connectivity index (χ0n) is 7.85. The molecule has 1 aliphatic carbocycles. The van der Waals surface area contributed by atoms with Crippen molar-refractivity contribution in [3.05, 3.63) is 5.92 Å². The first-order valence-electron chi connectivity index (χ1n) is 4.53. The number of hydrogen-bond donors (Lipinski definition) is 1. The molecule has 65 valence electrons. The number of hydrogen-bond acceptors (Lipinski definition) is 1. The zero-order chi connectivity index (χ0) is 8.48. The van der Waals surface area contributed by atoms with Crippen LogP contribution in [0, 0.1) is 11.3 Å². The van der Waals surface area contributed by atoms with Gasteiger partial charge in [-0.1, -0.05) is 20.8 Å². The molecule has 1 rings (SSSR count). The summed E-state index contributed by atoms with van der Waals surface area (Å²) in [6.45, 7) is 6.79. The number of aliphatic hydroxyl groups is 1. The van der Waals surface area contributed by atoms with Crippen LogP contribution in [-0.4, -0.2) is 11.2 Å². The van der Waals surface area contributed by atoms with Crippen LogP contribution < -0.4 is 0 Å². The minimum atomic E-state index is -0.0268. The van der Waals surface area contributed by atoms with E-state index in [0.717, 1.165) is 25.7 Å². The van der Waals surface area contributed by atoms with E-state index in [1.54, 1.807) is 5.92 Å². The Kier molecular flexibility index (Phi) is 2.58. The summed E-state index contributed by atoms with van der Waals surface area (Å²) in [5.74, 6) is 1.63. The lowest BCUT2D eigenvalue weighted by atomic mass is 9.72. The van der Waals surface area contributed by atoms with Crippen LogP contribution in [0.1, 0.15) is 46.5 Å². The van der Waals surface area contributed by atoms with Gasteiger partial charge in [-0.3, -0.25) is 0 Å². The lowest BCUT2D eigenvalue weighted by molar-refractivity contribution is 0.124. The maximum atomic E-state index is 9.28. The van der Waals surface area contributed by atoms with Gasteiger partial charge in [0.05, 0.1) is 6.10 Å². The summed E-state index contributed by atoms with van der Waals surface area (Å²) in [4.78, 5) is 0. The molecule has 0 atom stereocenters. The average Bonchev–Trinajstić information content (AvgIpc) is 1.86. The fourth-order valence-electron chi connectivity index (χ4n) is 1.70. The molecule has 1 radical (unpaired) electrons. The van der Waals surface area contributed by atoms with Crippen LogP contribution in [0.15, 0.2) is 0 Å². The number of rotatable bonds is 0. The third-order valence-corrected chi connectivity index (χ3v) is 2.62. The van der Waals surface area contributed by atoms with E-state index in [1.165, 1.54) is 0 Å². The highest BCUT2D eigenvalue weighted by Gasteiger charge is 2.29. The molecule has 0 spiro atoms. The fourth-order valence-corrected chi connectivity index (χ4v) is 1.70. The van der Waals surface area contributed by atoms with Gasteiger partial charge in [-0.2, -0.15) is 0 Å². The Balaban J connectivity index is 2.39. The molecule has 11 heavy (non-hydrogen) atoms. The van der Waals surface area contributed by atoms with Crippen LogP contribution in [0.25, 0.3) is 0 Å². The van der Waals surface area contributed by atoms with Gasteiger partial charge in [0.2, 0.25) is 0 Å². The van der Waals surface area contributed by atoms with Crippen LogP contribution in [0.3, 0.4) is 0 Å². The van der Waals surface area contributed by atoms with Crippen LogP contribution in [0.4, 0.5) is 0 Å². The zero-order valence-corrected chi connectivity index (χ0v) is 7.85. The fraction of sp³-hybridized carbons (Fsp3) is 0.900.